The highest BCUT2D eigenvalue weighted by Gasteiger charge is 2.04. The number of nitrogen functional groups attached to an aromatic ring is 1. The molecule has 0 saturated heterocycles. The molecular weight excluding hydrogens is 262 g/mol. The van der Waals surface area contributed by atoms with E-state index in [9.17, 15) is 8.42 Å². The van der Waals surface area contributed by atoms with Crippen LogP contribution in [0.5, 0.6) is 0 Å². The Morgan fingerprint density at radius 1 is 1.32 bits per heavy atom. The van der Waals surface area contributed by atoms with Gasteiger partial charge in [-0.05, 0) is 24.1 Å². The van der Waals surface area contributed by atoms with Gasteiger partial charge in [-0.3, -0.25) is 4.68 Å². The fraction of sp³-hybridized carbons (Fsp3) is 0.308. The molecule has 2 aromatic rings. The quantitative estimate of drug-likeness (QED) is 0.843. The Balaban J connectivity index is 2.03. The zero-order valence-electron chi connectivity index (χ0n) is 10.8. The smallest absolute Gasteiger partial charge is 0.147 e. The lowest BCUT2D eigenvalue weighted by Gasteiger charge is -2.00. The lowest BCUT2D eigenvalue weighted by Crippen LogP contribution is -2.07. The number of nitrogens with zero attached hydrogens (tertiary/aromatic N) is 2. The van der Waals surface area contributed by atoms with Crippen LogP contribution in [0.25, 0.3) is 11.1 Å². The summed E-state index contributed by atoms with van der Waals surface area (Å²) in [4.78, 5) is 0. The Kier molecular flexibility index (Phi) is 3.90. The van der Waals surface area contributed by atoms with Gasteiger partial charge in [-0.25, -0.2) is 8.42 Å². The van der Waals surface area contributed by atoms with Crippen LogP contribution in [-0.4, -0.2) is 30.2 Å². The highest BCUT2D eigenvalue weighted by atomic mass is 32.2. The molecule has 6 heteroatoms. The molecule has 0 spiro atoms. The third kappa shape index (κ3) is 4.10. The van der Waals surface area contributed by atoms with E-state index < -0.39 is 9.84 Å². The molecule has 2 N–H and O–H groups in total. The second-order valence-corrected chi connectivity index (χ2v) is 6.86. The lowest BCUT2D eigenvalue weighted by atomic mass is 10.1. The van der Waals surface area contributed by atoms with E-state index in [1.54, 1.807) is 10.9 Å². The first-order valence-corrected chi connectivity index (χ1v) is 8.06. The first-order chi connectivity index (χ1) is 8.94. The van der Waals surface area contributed by atoms with Crippen molar-refractivity contribution in [1.82, 2.24) is 9.78 Å². The average Bonchev–Trinajstić information content (AvgIpc) is 2.76. The molecule has 0 aliphatic rings. The summed E-state index contributed by atoms with van der Waals surface area (Å²) in [6, 6.07) is 7.58. The first-order valence-electron chi connectivity index (χ1n) is 6.00. The maximum Gasteiger partial charge on any atom is 0.147 e. The summed E-state index contributed by atoms with van der Waals surface area (Å²) in [7, 11) is -2.90. The van der Waals surface area contributed by atoms with Crippen molar-refractivity contribution in [3.05, 3.63) is 36.7 Å². The molecule has 0 unspecified atom stereocenters. The number of aryl methyl sites for hydroxylation is 1. The molecule has 0 saturated carbocycles. The molecule has 0 bridgehead atoms. The SMILES string of the molecule is CS(=O)(=O)CCCn1cc(-c2cccc(N)c2)cn1. The molecule has 1 heterocycles. The minimum Gasteiger partial charge on any atom is -0.399 e. The van der Waals surface area contributed by atoms with Crippen LogP contribution in [0, 0.1) is 0 Å². The molecule has 1 aromatic carbocycles. The molecule has 0 fully saturated rings. The third-order valence-electron chi connectivity index (χ3n) is 2.76. The van der Waals surface area contributed by atoms with Gasteiger partial charge in [0.15, 0.2) is 0 Å². The summed E-state index contributed by atoms with van der Waals surface area (Å²) in [5.41, 5.74) is 8.43. The van der Waals surface area contributed by atoms with Crippen LogP contribution in [0.15, 0.2) is 36.7 Å². The minimum absolute atomic E-state index is 0.181. The second-order valence-electron chi connectivity index (χ2n) is 4.60. The van der Waals surface area contributed by atoms with E-state index in [0.29, 0.717) is 18.7 Å². The van der Waals surface area contributed by atoms with Gasteiger partial charge in [0.1, 0.15) is 9.84 Å². The van der Waals surface area contributed by atoms with Crippen LogP contribution in [0.3, 0.4) is 0 Å². The molecule has 5 nitrogen and oxygen atoms in total. The van der Waals surface area contributed by atoms with E-state index in [1.807, 2.05) is 30.5 Å². The number of hydrogen-bond donors (Lipinski definition) is 1. The molecule has 0 radical (unpaired) electrons. The van der Waals surface area contributed by atoms with Crippen LogP contribution in [0.2, 0.25) is 0 Å². The zero-order valence-corrected chi connectivity index (χ0v) is 11.6. The van der Waals surface area contributed by atoms with Gasteiger partial charge in [-0.1, -0.05) is 12.1 Å². The Morgan fingerprint density at radius 3 is 2.79 bits per heavy atom. The van der Waals surface area contributed by atoms with E-state index in [4.69, 9.17) is 5.73 Å². The summed E-state index contributed by atoms with van der Waals surface area (Å²) in [6.45, 7) is 0.593. The average molecular weight is 279 g/mol. The van der Waals surface area contributed by atoms with Gasteiger partial charge in [0, 0.05) is 30.2 Å². The van der Waals surface area contributed by atoms with Crippen molar-refractivity contribution in [3.63, 3.8) is 0 Å². The molecule has 1 aromatic heterocycles. The number of aromatic nitrogens is 2. The van der Waals surface area contributed by atoms with Crippen molar-refractivity contribution in [2.75, 3.05) is 17.7 Å². The van der Waals surface area contributed by atoms with Crippen molar-refractivity contribution < 1.29 is 8.42 Å². The molecule has 0 atom stereocenters. The van der Waals surface area contributed by atoms with Crippen molar-refractivity contribution in [2.45, 2.75) is 13.0 Å². The van der Waals surface area contributed by atoms with E-state index in [1.165, 1.54) is 6.26 Å². The number of sulfone groups is 1. The van der Waals surface area contributed by atoms with Gasteiger partial charge >= 0.3 is 0 Å². The van der Waals surface area contributed by atoms with Crippen molar-refractivity contribution in [2.24, 2.45) is 0 Å². The Bertz CT molecular complexity index is 662. The zero-order chi connectivity index (χ0) is 13.9. The van der Waals surface area contributed by atoms with Crippen LogP contribution >= 0.6 is 0 Å². The lowest BCUT2D eigenvalue weighted by molar-refractivity contribution is 0.576. The maximum atomic E-state index is 11.0. The van der Waals surface area contributed by atoms with Crippen molar-refractivity contribution >= 4 is 15.5 Å². The first kappa shape index (κ1) is 13.6. The highest BCUT2D eigenvalue weighted by Crippen LogP contribution is 2.20. The van der Waals surface area contributed by atoms with Crippen LogP contribution in [0.4, 0.5) is 5.69 Å². The molecule has 19 heavy (non-hydrogen) atoms. The fourth-order valence-corrected chi connectivity index (χ4v) is 2.50. The number of anilines is 1. The van der Waals surface area contributed by atoms with E-state index in [0.717, 1.165) is 11.1 Å². The van der Waals surface area contributed by atoms with Crippen LogP contribution in [-0.2, 0) is 16.4 Å². The molecular formula is C13H17N3O2S. The number of rotatable bonds is 5. The maximum absolute atomic E-state index is 11.0. The number of hydrogen-bond acceptors (Lipinski definition) is 4. The fourth-order valence-electron chi connectivity index (χ4n) is 1.84. The van der Waals surface area contributed by atoms with E-state index in [2.05, 4.69) is 5.10 Å². The largest absolute Gasteiger partial charge is 0.399 e. The predicted octanol–water partition coefficient (Wildman–Crippen LogP) is 1.57. The topological polar surface area (TPSA) is 78.0 Å². The summed E-state index contributed by atoms with van der Waals surface area (Å²) in [5.74, 6) is 0.181. The normalized spacial score (nSPS) is 11.6. The van der Waals surface area contributed by atoms with Gasteiger partial charge in [0.2, 0.25) is 0 Å². The van der Waals surface area contributed by atoms with E-state index in [-0.39, 0.29) is 5.75 Å². The van der Waals surface area contributed by atoms with Gasteiger partial charge in [0.25, 0.3) is 0 Å². The molecule has 0 aliphatic heterocycles. The predicted molar refractivity (Wildman–Crippen MR) is 76.4 cm³/mol. The molecule has 2 rings (SSSR count). The molecule has 102 valence electrons. The second kappa shape index (κ2) is 5.44. The Labute approximate surface area is 113 Å². The van der Waals surface area contributed by atoms with Crippen LogP contribution < -0.4 is 5.73 Å². The summed E-state index contributed by atoms with van der Waals surface area (Å²) in [6.07, 6.45) is 5.47. The van der Waals surface area contributed by atoms with Gasteiger partial charge in [0.05, 0.1) is 11.9 Å². The summed E-state index contributed by atoms with van der Waals surface area (Å²) in [5, 5.41) is 4.22. The van der Waals surface area contributed by atoms with Gasteiger partial charge in [-0.2, -0.15) is 5.10 Å². The van der Waals surface area contributed by atoms with Gasteiger partial charge in [-0.15, -0.1) is 0 Å². The van der Waals surface area contributed by atoms with Crippen molar-refractivity contribution in [3.8, 4) is 11.1 Å². The molecule has 0 aliphatic carbocycles. The standard InChI is InChI=1S/C13H17N3O2S/c1-19(17,18)7-3-6-16-10-12(9-15-16)11-4-2-5-13(14)8-11/h2,4-5,8-10H,3,6-7,14H2,1H3. The van der Waals surface area contributed by atoms with Crippen molar-refractivity contribution in [1.29, 1.82) is 0 Å². The molecule has 0 amide bonds. The monoisotopic (exact) mass is 279 g/mol. The third-order valence-corrected chi connectivity index (χ3v) is 3.79. The minimum atomic E-state index is -2.90. The number of nitrogens with two attached hydrogens (primary N) is 1. The van der Waals surface area contributed by atoms with E-state index >= 15 is 0 Å². The summed E-state index contributed by atoms with van der Waals surface area (Å²) >= 11 is 0. The van der Waals surface area contributed by atoms with Gasteiger partial charge < -0.3 is 5.73 Å². The summed E-state index contributed by atoms with van der Waals surface area (Å²) < 4.78 is 23.8. The highest BCUT2D eigenvalue weighted by molar-refractivity contribution is 7.90. The Hall–Kier alpha value is -1.82. The Morgan fingerprint density at radius 2 is 2.11 bits per heavy atom. The van der Waals surface area contributed by atoms with Crippen LogP contribution in [0.1, 0.15) is 6.42 Å². The number of benzene rings is 1.